The third kappa shape index (κ3) is 4.76. The number of aliphatic hydroxyl groups excluding tert-OH is 5. The Kier molecular flexibility index (Phi) is 6.89. The fraction of sp³-hybridized carbons (Fsp3) is 0.385. The van der Waals surface area contributed by atoms with Crippen LogP contribution in [0.4, 0.5) is 0 Å². The first-order valence-electron chi connectivity index (χ1n) is 6.32. The number of carbonyl (C=O) groups is 1. The molecule has 0 heterocycles. The summed E-state index contributed by atoms with van der Waals surface area (Å²) in [7, 11) is 0. The van der Waals surface area contributed by atoms with Crippen LogP contribution in [0.25, 0.3) is 0 Å². The van der Waals surface area contributed by atoms with E-state index < -0.39 is 36.9 Å². The van der Waals surface area contributed by atoms with Gasteiger partial charge in [0.2, 0.25) is 0 Å². The molecule has 0 fully saturated rings. The van der Waals surface area contributed by atoms with Crippen molar-refractivity contribution >= 4 is 12.1 Å². The van der Waals surface area contributed by atoms with Crippen molar-refractivity contribution in [2.24, 2.45) is 5.10 Å². The van der Waals surface area contributed by atoms with Crippen molar-refractivity contribution in [3.63, 3.8) is 0 Å². The number of hydrogen-bond donors (Lipinski definition) is 7. The summed E-state index contributed by atoms with van der Waals surface area (Å²) in [5.41, 5.74) is 2.22. The average molecular weight is 314 g/mol. The van der Waals surface area contributed by atoms with Crippen LogP contribution in [-0.2, 0) is 4.79 Å². The van der Waals surface area contributed by atoms with Gasteiger partial charge in [-0.1, -0.05) is 12.1 Å². The van der Waals surface area contributed by atoms with Crippen molar-refractivity contribution < 1.29 is 35.4 Å². The molecule has 1 aromatic carbocycles. The van der Waals surface area contributed by atoms with Gasteiger partial charge < -0.3 is 30.6 Å². The predicted molar refractivity (Wildman–Crippen MR) is 75.0 cm³/mol. The summed E-state index contributed by atoms with van der Waals surface area (Å²) in [6.45, 7) is -0.849. The molecular weight excluding hydrogens is 296 g/mol. The first-order chi connectivity index (χ1) is 10.4. The zero-order valence-corrected chi connectivity index (χ0v) is 11.4. The van der Waals surface area contributed by atoms with Crippen LogP contribution in [0.5, 0.6) is 5.75 Å². The van der Waals surface area contributed by atoms with Crippen LogP contribution in [0.3, 0.4) is 0 Å². The van der Waals surface area contributed by atoms with Crippen LogP contribution >= 0.6 is 0 Å². The van der Waals surface area contributed by atoms with Gasteiger partial charge in [-0.05, 0) is 12.1 Å². The molecule has 0 radical (unpaired) electrons. The van der Waals surface area contributed by atoms with Crippen LogP contribution in [0.15, 0.2) is 29.4 Å². The molecule has 4 atom stereocenters. The monoisotopic (exact) mass is 314 g/mol. The Bertz CT molecular complexity index is 523. The largest absolute Gasteiger partial charge is 0.507 e. The number of rotatable bonds is 7. The maximum absolute atomic E-state index is 11.5. The summed E-state index contributed by atoms with van der Waals surface area (Å²) in [6, 6.07) is 6.17. The Labute approximate surface area is 125 Å². The van der Waals surface area contributed by atoms with Gasteiger partial charge in [-0.15, -0.1) is 0 Å². The molecule has 1 rings (SSSR count). The molecule has 0 aliphatic carbocycles. The van der Waals surface area contributed by atoms with E-state index in [1.165, 1.54) is 12.1 Å². The lowest BCUT2D eigenvalue weighted by Gasteiger charge is -2.24. The third-order valence-electron chi connectivity index (χ3n) is 2.84. The molecule has 0 unspecified atom stereocenters. The Morgan fingerprint density at radius 2 is 1.82 bits per heavy atom. The van der Waals surface area contributed by atoms with Gasteiger partial charge in [0.1, 0.15) is 24.1 Å². The molecule has 9 heteroatoms. The summed E-state index contributed by atoms with van der Waals surface area (Å²) < 4.78 is 0. The topological polar surface area (TPSA) is 163 Å². The van der Waals surface area contributed by atoms with Crippen LogP contribution in [0.1, 0.15) is 5.56 Å². The van der Waals surface area contributed by atoms with Crippen molar-refractivity contribution in [1.82, 2.24) is 5.43 Å². The number of nitrogens with zero attached hydrogens (tertiary/aromatic N) is 1. The normalized spacial score (nSPS) is 17.0. The van der Waals surface area contributed by atoms with E-state index in [0.717, 1.165) is 6.21 Å². The molecule has 0 aromatic heterocycles. The summed E-state index contributed by atoms with van der Waals surface area (Å²) >= 11 is 0. The first kappa shape index (κ1) is 18.0. The quantitative estimate of drug-likeness (QED) is 0.212. The fourth-order valence-electron chi connectivity index (χ4n) is 1.51. The van der Waals surface area contributed by atoms with E-state index in [0.29, 0.717) is 5.56 Å². The van der Waals surface area contributed by atoms with Crippen LogP contribution in [-0.4, -0.2) is 73.8 Å². The predicted octanol–water partition coefficient (Wildman–Crippen LogP) is -2.72. The highest BCUT2D eigenvalue weighted by Gasteiger charge is 2.34. The zero-order valence-electron chi connectivity index (χ0n) is 11.4. The van der Waals surface area contributed by atoms with Gasteiger partial charge in [-0.25, -0.2) is 5.43 Å². The number of carbonyl (C=O) groups excluding carboxylic acids is 1. The average Bonchev–Trinajstić information content (AvgIpc) is 2.53. The number of nitrogens with one attached hydrogen (secondary N) is 1. The number of aliphatic hydroxyl groups is 5. The van der Waals surface area contributed by atoms with Crippen LogP contribution in [0.2, 0.25) is 0 Å². The molecule has 0 aliphatic rings. The lowest BCUT2D eigenvalue weighted by Crippen LogP contribution is -2.50. The third-order valence-corrected chi connectivity index (χ3v) is 2.84. The minimum Gasteiger partial charge on any atom is -0.507 e. The second-order valence-corrected chi connectivity index (χ2v) is 4.47. The smallest absolute Gasteiger partial charge is 0.271 e. The summed E-state index contributed by atoms with van der Waals surface area (Å²) in [5.74, 6) is -1.20. The maximum Gasteiger partial charge on any atom is 0.271 e. The lowest BCUT2D eigenvalue weighted by atomic mass is 10.0. The minimum atomic E-state index is -2.07. The Hall–Kier alpha value is -2.04. The van der Waals surface area contributed by atoms with Gasteiger partial charge in [-0.3, -0.25) is 4.79 Å². The van der Waals surface area contributed by atoms with Crippen LogP contribution < -0.4 is 5.43 Å². The summed E-state index contributed by atoms with van der Waals surface area (Å²) in [4.78, 5) is 11.5. The van der Waals surface area contributed by atoms with Crippen LogP contribution in [0, 0.1) is 0 Å². The molecule has 7 N–H and O–H groups in total. The van der Waals surface area contributed by atoms with Gasteiger partial charge >= 0.3 is 0 Å². The fourth-order valence-corrected chi connectivity index (χ4v) is 1.51. The highest BCUT2D eigenvalue weighted by atomic mass is 16.4. The standard InChI is InChI=1S/C13H18N2O7/c16-6-9(18)10(19)11(20)12(21)13(22)15-14-5-7-3-1-2-4-8(7)17/h1-5,9-12,16-21H,6H2,(H,15,22)/b14-5+/t9-,10-,11-,12+/m1/s1. The van der Waals surface area contributed by atoms with E-state index in [1.54, 1.807) is 12.1 Å². The van der Waals surface area contributed by atoms with E-state index in [4.69, 9.17) is 10.2 Å². The molecule has 0 saturated carbocycles. The number of para-hydroxylation sites is 1. The van der Waals surface area contributed by atoms with Crippen molar-refractivity contribution in [1.29, 1.82) is 0 Å². The van der Waals surface area contributed by atoms with Crippen molar-refractivity contribution in [2.45, 2.75) is 24.4 Å². The van der Waals surface area contributed by atoms with Crippen molar-refractivity contribution in [3.8, 4) is 5.75 Å². The SMILES string of the molecule is O=C(N/N=C/c1ccccc1O)[C@@H](O)[C@H](O)[C@H](O)[C@H](O)CO. The van der Waals surface area contributed by atoms with Crippen molar-refractivity contribution in [2.75, 3.05) is 6.61 Å². The summed E-state index contributed by atoms with van der Waals surface area (Å²) in [5, 5.41) is 59.1. The number of amides is 1. The number of phenols is 1. The second kappa shape index (κ2) is 8.41. The number of benzene rings is 1. The lowest BCUT2D eigenvalue weighted by molar-refractivity contribution is -0.148. The van der Waals surface area contributed by atoms with Crippen molar-refractivity contribution in [3.05, 3.63) is 29.8 Å². The summed E-state index contributed by atoms with van der Waals surface area (Å²) in [6.07, 6.45) is -6.58. The van der Waals surface area contributed by atoms with Gasteiger partial charge in [0, 0.05) is 5.56 Å². The van der Waals surface area contributed by atoms with Gasteiger partial charge in [0.15, 0.2) is 6.10 Å². The van der Waals surface area contributed by atoms with Gasteiger partial charge in [0.05, 0.1) is 12.8 Å². The Balaban J connectivity index is 2.59. The minimum absolute atomic E-state index is 0.0671. The highest BCUT2D eigenvalue weighted by Crippen LogP contribution is 2.12. The number of phenolic OH excluding ortho intramolecular Hbond substituents is 1. The second-order valence-electron chi connectivity index (χ2n) is 4.47. The van der Waals surface area contributed by atoms with Gasteiger partial charge in [0.25, 0.3) is 5.91 Å². The molecule has 9 nitrogen and oxygen atoms in total. The molecule has 1 amide bonds. The zero-order chi connectivity index (χ0) is 16.7. The first-order valence-corrected chi connectivity index (χ1v) is 6.32. The number of aromatic hydroxyl groups is 1. The van der Waals surface area contributed by atoms with E-state index in [9.17, 15) is 25.2 Å². The Morgan fingerprint density at radius 3 is 2.41 bits per heavy atom. The van der Waals surface area contributed by atoms with E-state index in [-0.39, 0.29) is 5.75 Å². The molecule has 0 bridgehead atoms. The van der Waals surface area contributed by atoms with E-state index >= 15 is 0 Å². The molecular formula is C13H18N2O7. The van der Waals surface area contributed by atoms with E-state index in [1.807, 2.05) is 5.43 Å². The number of hydrazone groups is 1. The maximum atomic E-state index is 11.5. The molecule has 0 saturated heterocycles. The highest BCUT2D eigenvalue weighted by molar-refractivity contribution is 5.86. The molecule has 0 spiro atoms. The molecule has 22 heavy (non-hydrogen) atoms. The molecule has 0 aliphatic heterocycles. The Morgan fingerprint density at radius 1 is 1.18 bits per heavy atom. The number of hydrogen-bond acceptors (Lipinski definition) is 8. The molecule has 122 valence electrons. The van der Waals surface area contributed by atoms with E-state index in [2.05, 4.69) is 5.10 Å². The van der Waals surface area contributed by atoms with Gasteiger partial charge in [-0.2, -0.15) is 5.10 Å². The molecule has 1 aromatic rings.